The molecule has 0 spiro atoms. The highest BCUT2D eigenvalue weighted by atomic mass is 16.2. The molecule has 1 aliphatic rings. The molecule has 1 heterocycles. The second-order valence-corrected chi connectivity index (χ2v) is 6.30. The topological polar surface area (TPSA) is 49.4 Å². The van der Waals surface area contributed by atoms with Gasteiger partial charge in [-0.15, -0.1) is 0 Å². The number of rotatable bonds is 3. The van der Waals surface area contributed by atoms with Gasteiger partial charge in [-0.05, 0) is 31.9 Å². The molecule has 1 aliphatic heterocycles. The van der Waals surface area contributed by atoms with Crippen LogP contribution in [-0.4, -0.2) is 16.8 Å². The number of carbonyl (C=O) groups is 2. The van der Waals surface area contributed by atoms with E-state index in [2.05, 4.69) is 5.32 Å². The molecule has 0 aromatic heterocycles. The molecule has 0 aliphatic carbocycles. The van der Waals surface area contributed by atoms with E-state index in [9.17, 15) is 9.59 Å². The Kier molecular flexibility index (Phi) is 3.68. The highest BCUT2D eigenvalue weighted by Crippen LogP contribution is 2.30. The molecule has 0 saturated carbocycles. The summed E-state index contributed by atoms with van der Waals surface area (Å²) in [6.07, 6.45) is 0. The fraction of sp³-hybridized carbons (Fsp3) is 0.263. The molecule has 1 atom stereocenters. The smallest absolute Gasteiger partial charge is 0.319 e. The first-order valence-corrected chi connectivity index (χ1v) is 7.67. The minimum atomic E-state index is -1.00. The van der Waals surface area contributed by atoms with Crippen molar-refractivity contribution in [3.8, 4) is 0 Å². The number of imide groups is 1. The molecule has 2 aromatic rings. The molecular weight excluding hydrogens is 288 g/mol. The minimum absolute atomic E-state index is 0.216. The van der Waals surface area contributed by atoms with Crippen LogP contribution in [0.15, 0.2) is 48.5 Å². The highest BCUT2D eigenvalue weighted by Gasteiger charge is 2.48. The first-order chi connectivity index (χ1) is 10.9. The van der Waals surface area contributed by atoms with Crippen LogP contribution in [0.5, 0.6) is 0 Å². The normalized spacial score (nSPS) is 20.7. The number of hydrogen-bond donors (Lipinski definition) is 1. The number of amides is 3. The Morgan fingerprint density at radius 3 is 2.00 bits per heavy atom. The zero-order chi connectivity index (χ0) is 16.6. The second kappa shape index (κ2) is 5.54. The van der Waals surface area contributed by atoms with Gasteiger partial charge in [-0.3, -0.25) is 9.69 Å². The van der Waals surface area contributed by atoms with Crippen LogP contribution in [0.25, 0.3) is 0 Å². The van der Waals surface area contributed by atoms with Gasteiger partial charge in [0.2, 0.25) is 0 Å². The van der Waals surface area contributed by atoms with Crippen LogP contribution in [-0.2, 0) is 16.9 Å². The summed E-state index contributed by atoms with van der Waals surface area (Å²) in [7, 11) is 0. The number of carbonyl (C=O) groups excluding carboxylic acids is 2. The number of nitrogens with zero attached hydrogens (tertiary/aromatic N) is 1. The van der Waals surface area contributed by atoms with Crippen molar-refractivity contribution in [2.24, 2.45) is 0 Å². The molecule has 23 heavy (non-hydrogen) atoms. The molecule has 3 rings (SSSR count). The Labute approximate surface area is 136 Å². The summed E-state index contributed by atoms with van der Waals surface area (Å²) in [5, 5.41) is 2.83. The quantitative estimate of drug-likeness (QED) is 0.885. The Bertz CT molecular complexity index is 750. The van der Waals surface area contributed by atoms with Gasteiger partial charge in [0.25, 0.3) is 5.91 Å². The van der Waals surface area contributed by atoms with Crippen LogP contribution in [0.4, 0.5) is 4.79 Å². The SMILES string of the molecule is Cc1ccc(CN2C(=O)N[C@@](C)(c3ccc(C)cc3)C2=O)cc1. The summed E-state index contributed by atoms with van der Waals surface area (Å²) in [5.74, 6) is -0.216. The van der Waals surface area contributed by atoms with Crippen LogP contribution in [0.2, 0.25) is 0 Å². The van der Waals surface area contributed by atoms with Gasteiger partial charge in [0.15, 0.2) is 0 Å². The predicted octanol–water partition coefficient (Wildman–Crippen LogP) is 3.27. The van der Waals surface area contributed by atoms with E-state index in [1.807, 2.05) is 62.4 Å². The van der Waals surface area contributed by atoms with E-state index in [4.69, 9.17) is 0 Å². The molecule has 2 aromatic carbocycles. The molecule has 1 N–H and O–H groups in total. The summed E-state index contributed by atoms with van der Waals surface area (Å²) in [4.78, 5) is 26.4. The Balaban J connectivity index is 1.87. The number of aryl methyl sites for hydroxylation is 2. The van der Waals surface area contributed by atoms with Crippen LogP contribution in [0, 0.1) is 13.8 Å². The molecule has 0 unspecified atom stereocenters. The summed E-state index contributed by atoms with van der Waals surface area (Å²) in [6.45, 7) is 6.04. The summed E-state index contributed by atoms with van der Waals surface area (Å²) in [5.41, 5.74) is 3.00. The van der Waals surface area contributed by atoms with E-state index in [1.165, 1.54) is 4.90 Å². The summed E-state index contributed by atoms with van der Waals surface area (Å²) in [6, 6.07) is 15.2. The lowest BCUT2D eigenvalue weighted by Gasteiger charge is -2.22. The van der Waals surface area contributed by atoms with Gasteiger partial charge < -0.3 is 5.32 Å². The van der Waals surface area contributed by atoms with Crippen LogP contribution >= 0.6 is 0 Å². The molecule has 1 saturated heterocycles. The molecule has 3 amide bonds. The van der Waals surface area contributed by atoms with Crippen LogP contribution in [0.1, 0.15) is 29.2 Å². The highest BCUT2D eigenvalue weighted by molar-refractivity contribution is 6.07. The van der Waals surface area contributed by atoms with Crippen molar-refractivity contribution in [2.75, 3.05) is 0 Å². The average molecular weight is 308 g/mol. The van der Waals surface area contributed by atoms with Crippen molar-refractivity contribution >= 4 is 11.9 Å². The maximum absolute atomic E-state index is 12.8. The first-order valence-electron chi connectivity index (χ1n) is 7.67. The maximum atomic E-state index is 12.8. The van der Waals surface area contributed by atoms with Gasteiger partial charge in [-0.1, -0.05) is 59.7 Å². The summed E-state index contributed by atoms with van der Waals surface area (Å²) < 4.78 is 0. The van der Waals surface area contributed by atoms with Crippen molar-refractivity contribution in [3.63, 3.8) is 0 Å². The Hall–Kier alpha value is -2.62. The number of hydrogen-bond acceptors (Lipinski definition) is 2. The third kappa shape index (κ3) is 2.72. The van der Waals surface area contributed by atoms with Crippen LogP contribution in [0.3, 0.4) is 0 Å². The van der Waals surface area contributed by atoms with Gasteiger partial charge in [0.1, 0.15) is 5.54 Å². The molecule has 4 nitrogen and oxygen atoms in total. The van der Waals surface area contributed by atoms with Crippen LogP contribution < -0.4 is 5.32 Å². The second-order valence-electron chi connectivity index (χ2n) is 6.30. The Morgan fingerprint density at radius 1 is 0.913 bits per heavy atom. The van der Waals surface area contributed by atoms with Crippen molar-refractivity contribution < 1.29 is 9.59 Å². The van der Waals surface area contributed by atoms with Gasteiger partial charge in [0, 0.05) is 0 Å². The van der Waals surface area contributed by atoms with Gasteiger partial charge in [0.05, 0.1) is 6.54 Å². The molecule has 0 radical (unpaired) electrons. The third-order valence-corrected chi connectivity index (χ3v) is 4.37. The average Bonchev–Trinajstić information content (AvgIpc) is 2.74. The molecular formula is C19H20N2O2. The molecule has 0 bridgehead atoms. The van der Waals surface area contributed by atoms with E-state index >= 15 is 0 Å². The standard InChI is InChI=1S/C19H20N2O2/c1-13-4-8-15(9-5-13)12-21-17(22)19(3,20-18(21)23)16-10-6-14(2)7-11-16/h4-11H,12H2,1-3H3,(H,20,23)/t19-/m0/s1. The van der Waals surface area contributed by atoms with E-state index < -0.39 is 5.54 Å². The fourth-order valence-corrected chi connectivity index (χ4v) is 2.80. The number of nitrogens with one attached hydrogen (secondary N) is 1. The molecule has 4 heteroatoms. The lowest BCUT2D eigenvalue weighted by Crippen LogP contribution is -2.40. The van der Waals surface area contributed by atoms with Crippen molar-refractivity contribution in [1.29, 1.82) is 0 Å². The van der Waals surface area contributed by atoms with E-state index in [0.29, 0.717) is 0 Å². The first kappa shape index (κ1) is 15.3. The van der Waals surface area contributed by atoms with Gasteiger partial charge >= 0.3 is 6.03 Å². The monoisotopic (exact) mass is 308 g/mol. The maximum Gasteiger partial charge on any atom is 0.325 e. The van der Waals surface area contributed by atoms with Gasteiger partial charge in [-0.2, -0.15) is 0 Å². The molecule has 118 valence electrons. The number of urea groups is 1. The fourth-order valence-electron chi connectivity index (χ4n) is 2.80. The van der Waals surface area contributed by atoms with E-state index in [-0.39, 0.29) is 18.5 Å². The zero-order valence-electron chi connectivity index (χ0n) is 13.6. The third-order valence-electron chi connectivity index (χ3n) is 4.37. The van der Waals surface area contributed by atoms with E-state index in [0.717, 1.165) is 22.3 Å². The number of benzene rings is 2. The van der Waals surface area contributed by atoms with Crippen molar-refractivity contribution in [2.45, 2.75) is 32.9 Å². The molecule has 1 fully saturated rings. The lowest BCUT2D eigenvalue weighted by atomic mass is 9.91. The minimum Gasteiger partial charge on any atom is -0.319 e. The van der Waals surface area contributed by atoms with Gasteiger partial charge in [-0.25, -0.2) is 4.79 Å². The summed E-state index contributed by atoms with van der Waals surface area (Å²) >= 11 is 0. The Morgan fingerprint density at radius 2 is 1.43 bits per heavy atom. The largest absolute Gasteiger partial charge is 0.325 e. The lowest BCUT2D eigenvalue weighted by molar-refractivity contribution is -0.131. The van der Waals surface area contributed by atoms with Crippen molar-refractivity contribution in [3.05, 3.63) is 70.8 Å². The zero-order valence-corrected chi connectivity index (χ0v) is 13.6. The predicted molar refractivity (Wildman–Crippen MR) is 88.8 cm³/mol. The van der Waals surface area contributed by atoms with E-state index in [1.54, 1.807) is 6.92 Å². The van der Waals surface area contributed by atoms with Crippen molar-refractivity contribution in [1.82, 2.24) is 10.2 Å².